The fourth-order valence-electron chi connectivity index (χ4n) is 1.29. The van der Waals surface area contributed by atoms with E-state index in [0.29, 0.717) is 18.6 Å². The third kappa shape index (κ3) is 2.20. The topological polar surface area (TPSA) is 49.7 Å². The molecule has 64 valence electrons. The molecule has 3 nitrogen and oxygen atoms in total. The van der Waals surface area contributed by atoms with E-state index in [-0.39, 0.29) is 5.92 Å². The molecule has 0 radical (unpaired) electrons. The number of hydrogen-bond donors (Lipinski definition) is 2. The van der Waals surface area contributed by atoms with Crippen molar-refractivity contribution in [2.45, 2.75) is 25.6 Å². The van der Waals surface area contributed by atoms with Gasteiger partial charge in [-0.05, 0) is 18.9 Å². The Morgan fingerprint density at radius 2 is 2.45 bits per heavy atom. The Morgan fingerprint density at radius 3 is 2.91 bits per heavy atom. The molecule has 0 heterocycles. The SMILES string of the molecule is COC(O)C1CC=C(O)CC1. The van der Waals surface area contributed by atoms with Gasteiger partial charge in [-0.2, -0.15) is 0 Å². The van der Waals surface area contributed by atoms with Gasteiger partial charge in [-0.25, -0.2) is 0 Å². The zero-order valence-corrected chi connectivity index (χ0v) is 6.66. The molecule has 2 unspecified atom stereocenters. The maximum absolute atomic E-state index is 9.24. The number of allylic oxidation sites excluding steroid dienone is 2. The lowest BCUT2D eigenvalue weighted by molar-refractivity contribution is -0.115. The van der Waals surface area contributed by atoms with Crippen LogP contribution in [-0.2, 0) is 4.74 Å². The van der Waals surface area contributed by atoms with Crippen LogP contribution in [0.5, 0.6) is 0 Å². The molecule has 0 aromatic heterocycles. The average Bonchev–Trinajstić information content (AvgIpc) is 2.05. The van der Waals surface area contributed by atoms with Crippen molar-refractivity contribution in [3.8, 4) is 0 Å². The summed E-state index contributed by atoms with van der Waals surface area (Å²) >= 11 is 0. The van der Waals surface area contributed by atoms with Crippen LogP contribution < -0.4 is 0 Å². The van der Waals surface area contributed by atoms with Crippen LogP contribution in [0.2, 0.25) is 0 Å². The van der Waals surface area contributed by atoms with Crippen molar-refractivity contribution in [3.05, 3.63) is 11.8 Å². The molecular weight excluding hydrogens is 144 g/mol. The average molecular weight is 158 g/mol. The first-order valence-electron chi connectivity index (χ1n) is 3.83. The fraction of sp³-hybridized carbons (Fsp3) is 0.750. The van der Waals surface area contributed by atoms with Crippen LogP contribution in [0, 0.1) is 5.92 Å². The fourth-order valence-corrected chi connectivity index (χ4v) is 1.29. The highest BCUT2D eigenvalue weighted by atomic mass is 16.6. The first-order chi connectivity index (χ1) is 5.24. The van der Waals surface area contributed by atoms with Crippen molar-refractivity contribution in [1.29, 1.82) is 0 Å². The zero-order chi connectivity index (χ0) is 8.27. The van der Waals surface area contributed by atoms with Crippen LogP contribution in [0.25, 0.3) is 0 Å². The van der Waals surface area contributed by atoms with Crippen LogP contribution in [0.4, 0.5) is 0 Å². The van der Waals surface area contributed by atoms with E-state index in [4.69, 9.17) is 9.84 Å². The van der Waals surface area contributed by atoms with Gasteiger partial charge < -0.3 is 14.9 Å². The number of aliphatic hydroxyl groups excluding tert-OH is 2. The van der Waals surface area contributed by atoms with Crippen molar-refractivity contribution in [1.82, 2.24) is 0 Å². The summed E-state index contributed by atoms with van der Waals surface area (Å²) in [5, 5.41) is 18.3. The highest BCUT2D eigenvalue weighted by molar-refractivity contribution is 4.97. The van der Waals surface area contributed by atoms with E-state index in [1.54, 1.807) is 6.08 Å². The van der Waals surface area contributed by atoms with E-state index in [1.165, 1.54) is 7.11 Å². The van der Waals surface area contributed by atoms with Gasteiger partial charge in [0.05, 0.1) is 5.76 Å². The summed E-state index contributed by atoms with van der Waals surface area (Å²) in [6.07, 6.45) is 3.24. The molecular formula is C8H14O3. The van der Waals surface area contributed by atoms with Gasteiger partial charge in [-0.3, -0.25) is 0 Å². The quantitative estimate of drug-likeness (QED) is 0.593. The monoisotopic (exact) mass is 158 g/mol. The number of methoxy groups -OCH3 is 1. The maximum Gasteiger partial charge on any atom is 0.157 e. The summed E-state index contributed by atoms with van der Waals surface area (Å²) in [5.41, 5.74) is 0. The van der Waals surface area contributed by atoms with Crippen LogP contribution in [0.15, 0.2) is 11.8 Å². The molecule has 0 aromatic rings. The Morgan fingerprint density at radius 1 is 1.73 bits per heavy atom. The van der Waals surface area contributed by atoms with Crippen LogP contribution in [-0.4, -0.2) is 23.6 Å². The highest BCUT2D eigenvalue weighted by Gasteiger charge is 2.20. The summed E-state index contributed by atoms with van der Waals surface area (Å²) < 4.78 is 4.77. The first-order valence-corrected chi connectivity index (χ1v) is 3.83. The lowest BCUT2D eigenvalue weighted by Gasteiger charge is -2.23. The molecule has 2 atom stereocenters. The Hall–Kier alpha value is -0.540. The number of hydrogen-bond acceptors (Lipinski definition) is 3. The molecule has 0 amide bonds. The van der Waals surface area contributed by atoms with Gasteiger partial charge in [0.2, 0.25) is 0 Å². The molecule has 0 fully saturated rings. The summed E-state index contributed by atoms with van der Waals surface area (Å²) in [4.78, 5) is 0. The van der Waals surface area contributed by atoms with E-state index >= 15 is 0 Å². The second-order valence-corrected chi connectivity index (χ2v) is 2.86. The predicted octanol–water partition coefficient (Wildman–Crippen LogP) is 1.19. The van der Waals surface area contributed by atoms with Gasteiger partial charge in [-0.1, -0.05) is 0 Å². The second-order valence-electron chi connectivity index (χ2n) is 2.86. The van der Waals surface area contributed by atoms with Crippen LogP contribution in [0.3, 0.4) is 0 Å². The molecule has 1 aliphatic carbocycles. The van der Waals surface area contributed by atoms with Gasteiger partial charge in [0.25, 0.3) is 0 Å². The Balaban J connectivity index is 2.40. The van der Waals surface area contributed by atoms with Crippen molar-refractivity contribution in [2.75, 3.05) is 7.11 Å². The first kappa shape index (κ1) is 8.56. The maximum atomic E-state index is 9.24. The minimum Gasteiger partial charge on any atom is -0.513 e. The second kappa shape index (κ2) is 3.74. The molecule has 11 heavy (non-hydrogen) atoms. The molecule has 0 aromatic carbocycles. The molecule has 2 N–H and O–H groups in total. The molecule has 0 bridgehead atoms. The minimum absolute atomic E-state index is 0.149. The van der Waals surface area contributed by atoms with E-state index in [9.17, 15) is 5.11 Å². The van der Waals surface area contributed by atoms with Crippen molar-refractivity contribution >= 4 is 0 Å². The van der Waals surface area contributed by atoms with E-state index in [1.807, 2.05) is 0 Å². The number of rotatable bonds is 2. The van der Waals surface area contributed by atoms with Gasteiger partial charge in [0.15, 0.2) is 6.29 Å². The van der Waals surface area contributed by atoms with E-state index in [0.717, 1.165) is 6.42 Å². The molecule has 0 spiro atoms. The molecule has 0 saturated carbocycles. The van der Waals surface area contributed by atoms with Crippen molar-refractivity contribution in [3.63, 3.8) is 0 Å². The lowest BCUT2D eigenvalue weighted by Crippen LogP contribution is -2.23. The van der Waals surface area contributed by atoms with Crippen molar-refractivity contribution in [2.24, 2.45) is 5.92 Å². The van der Waals surface area contributed by atoms with Crippen LogP contribution >= 0.6 is 0 Å². The number of ether oxygens (including phenoxy) is 1. The third-order valence-electron chi connectivity index (χ3n) is 2.07. The van der Waals surface area contributed by atoms with Gasteiger partial charge in [0.1, 0.15) is 0 Å². The largest absolute Gasteiger partial charge is 0.513 e. The molecule has 3 heteroatoms. The smallest absolute Gasteiger partial charge is 0.157 e. The molecule has 0 aliphatic heterocycles. The Kier molecular flexibility index (Phi) is 2.91. The zero-order valence-electron chi connectivity index (χ0n) is 6.66. The van der Waals surface area contributed by atoms with E-state index < -0.39 is 6.29 Å². The van der Waals surface area contributed by atoms with E-state index in [2.05, 4.69) is 0 Å². The summed E-state index contributed by atoms with van der Waals surface area (Å²) in [6.45, 7) is 0. The van der Waals surface area contributed by atoms with Crippen molar-refractivity contribution < 1.29 is 14.9 Å². The van der Waals surface area contributed by atoms with Crippen LogP contribution in [0.1, 0.15) is 19.3 Å². The summed E-state index contributed by atoms with van der Waals surface area (Å²) in [6, 6.07) is 0. The Bertz CT molecular complexity index is 153. The predicted molar refractivity (Wildman–Crippen MR) is 41.1 cm³/mol. The van der Waals surface area contributed by atoms with Gasteiger partial charge in [0, 0.05) is 19.4 Å². The molecule has 1 aliphatic rings. The third-order valence-corrected chi connectivity index (χ3v) is 2.07. The lowest BCUT2D eigenvalue weighted by atomic mass is 9.93. The van der Waals surface area contributed by atoms with Gasteiger partial charge in [-0.15, -0.1) is 0 Å². The summed E-state index contributed by atoms with van der Waals surface area (Å²) in [5.74, 6) is 0.584. The highest BCUT2D eigenvalue weighted by Crippen LogP contribution is 2.24. The standard InChI is InChI=1S/C8H14O3/c1-11-8(10)6-2-4-7(9)5-3-6/h4,6,8-10H,2-3,5H2,1H3. The molecule has 0 saturated heterocycles. The summed E-state index contributed by atoms with van der Waals surface area (Å²) in [7, 11) is 1.49. The number of aliphatic hydroxyl groups is 2. The molecule has 1 rings (SSSR count). The minimum atomic E-state index is -0.681. The van der Waals surface area contributed by atoms with Gasteiger partial charge >= 0.3 is 0 Å². The normalized spacial score (nSPS) is 27.8. The Labute approximate surface area is 66.3 Å².